The van der Waals surface area contributed by atoms with Gasteiger partial charge in [0.05, 0.1) is 18.2 Å². The fourth-order valence-electron chi connectivity index (χ4n) is 2.71. The van der Waals surface area contributed by atoms with Crippen LogP contribution < -0.4 is 15.4 Å². The van der Waals surface area contributed by atoms with Gasteiger partial charge in [0.15, 0.2) is 0 Å². The maximum atomic E-state index is 12.8. The van der Waals surface area contributed by atoms with E-state index in [1.54, 1.807) is 24.3 Å². The molecule has 0 bridgehead atoms. The average molecular weight is 414 g/mol. The standard InChI is InChI=1S/C22H17F3N2O3/c1-30-19-8-3-2-7-18(19)21(29)26-16-11-9-14(10-12-16)20(28)27-17-6-4-5-15(13-17)22(23,24)25/h2-13H,1H3,(H,26,29)(H,27,28). The van der Waals surface area contributed by atoms with Gasteiger partial charge < -0.3 is 15.4 Å². The maximum absolute atomic E-state index is 12.8. The minimum atomic E-state index is -4.50. The first-order valence-electron chi connectivity index (χ1n) is 8.81. The Kier molecular flexibility index (Phi) is 6.06. The van der Waals surface area contributed by atoms with E-state index in [0.29, 0.717) is 17.0 Å². The van der Waals surface area contributed by atoms with Gasteiger partial charge in [0.25, 0.3) is 11.8 Å². The van der Waals surface area contributed by atoms with Crippen LogP contribution in [-0.4, -0.2) is 18.9 Å². The van der Waals surface area contributed by atoms with Crippen molar-refractivity contribution in [3.8, 4) is 5.75 Å². The first kappa shape index (κ1) is 20.9. The second kappa shape index (κ2) is 8.69. The molecule has 0 aliphatic carbocycles. The molecule has 2 N–H and O–H groups in total. The highest BCUT2D eigenvalue weighted by atomic mass is 19.4. The smallest absolute Gasteiger partial charge is 0.416 e. The Bertz CT molecular complexity index is 1060. The van der Waals surface area contributed by atoms with Crippen molar-refractivity contribution in [1.29, 1.82) is 0 Å². The van der Waals surface area contributed by atoms with E-state index < -0.39 is 17.6 Å². The Morgan fingerprint density at radius 2 is 1.47 bits per heavy atom. The molecule has 0 fully saturated rings. The summed E-state index contributed by atoms with van der Waals surface area (Å²) in [4.78, 5) is 24.7. The fourth-order valence-corrected chi connectivity index (χ4v) is 2.71. The van der Waals surface area contributed by atoms with E-state index in [-0.39, 0.29) is 17.2 Å². The number of nitrogens with one attached hydrogen (secondary N) is 2. The molecule has 2 amide bonds. The van der Waals surface area contributed by atoms with E-state index in [0.717, 1.165) is 12.1 Å². The molecule has 0 saturated carbocycles. The number of carbonyl (C=O) groups is 2. The van der Waals surface area contributed by atoms with Crippen LogP contribution in [0.15, 0.2) is 72.8 Å². The van der Waals surface area contributed by atoms with E-state index in [4.69, 9.17) is 4.74 Å². The third kappa shape index (κ3) is 4.96. The number of benzene rings is 3. The molecule has 8 heteroatoms. The Labute approximate surface area is 170 Å². The topological polar surface area (TPSA) is 67.4 Å². The van der Waals surface area contributed by atoms with E-state index in [2.05, 4.69) is 10.6 Å². The number of methoxy groups -OCH3 is 1. The zero-order valence-corrected chi connectivity index (χ0v) is 15.8. The molecule has 3 rings (SSSR count). The lowest BCUT2D eigenvalue weighted by Crippen LogP contribution is -2.14. The lowest BCUT2D eigenvalue weighted by atomic mass is 10.1. The van der Waals surface area contributed by atoms with Gasteiger partial charge in [-0.15, -0.1) is 0 Å². The molecule has 0 saturated heterocycles. The first-order chi connectivity index (χ1) is 14.3. The van der Waals surface area contributed by atoms with Crippen molar-refractivity contribution in [2.75, 3.05) is 17.7 Å². The highest BCUT2D eigenvalue weighted by molar-refractivity contribution is 6.07. The summed E-state index contributed by atoms with van der Waals surface area (Å²) in [6.07, 6.45) is -4.50. The maximum Gasteiger partial charge on any atom is 0.416 e. The number of hydrogen-bond acceptors (Lipinski definition) is 3. The van der Waals surface area contributed by atoms with Gasteiger partial charge in [0.1, 0.15) is 5.75 Å². The van der Waals surface area contributed by atoms with Gasteiger partial charge in [-0.25, -0.2) is 0 Å². The quantitative estimate of drug-likeness (QED) is 0.602. The van der Waals surface area contributed by atoms with Crippen molar-refractivity contribution in [2.24, 2.45) is 0 Å². The molecule has 3 aromatic carbocycles. The number of anilines is 2. The van der Waals surface area contributed by atoms with Crippen LogP contribution in [0.1, 0.15) is 26.3 Å². The summed E-state index contributed by atoms with van der Waals surface area (Å²) in [6.45, 7) is 0. The molecule has 0 radical (unpaired) electrons. The van der Waals surface area contributed by atoms with Gasteiger partial charge in [-0.05, 0) is 54.6 Å². The number of halogens is 3. The van der Waals surface area contributed by atoms with Gasteiger partial charge in [0.2, 0.25) is 0 Å². The first-order valence-corrected chi connectivity index (χ1v) is 8.81. The second-order valence-electron chi connectivity index (χ2n) is 6.26. The van der Waals surface area contributed by atoms with Gasteiger partial charge in [-0.3, -0.25) is 9.59 Å². The summed E-state index contributed by atoms with van der Waals surface area (Å²) < 4.78 is 43.5. The van der Waals surface area contributed by atoms with E-state index in [9.17, 15) is 22.8 Å². The SMILES string of the molecule is COc1ccccc1C(=O)Nc1ccc(C(=O)Nc2cccc(C(F)(F)F)c2)cc1. The van der Waals surface area contributed by atoms with Crippen LogP contribution in [0.25, 0.3) is 0 Å². The van der Waals surface area contributed by atoms with Crippen LogP contribution in [0.3, 0.4) is 0 Å². The van der Waals surface area contributed by atoms with E-state index >= 15 is 0 Å². The summed E-state index contributed by atoms with van der Waals surface area (Å²) in [5.41, 5.74) is 0.202. The Hall–Kier alpha value is -3.81. The van der Waals surface area contributed by atoms with Crippen molar-refractivity contribution < 1.29 is 27.5 Å². The van der Waals surface area contributed by atoms with Crippen LogP contribution in [0.2, 0.25) is 0 Å². The summed E-state index contributed by atoms with van der Waals surface area (Å²) in [5.74, 6) is -0.530. The zero-order valence-electron chi connectivity index (χ0n) is 15.8. The number of alkyl halides is 3. The third-order valence-corrected chi connectivity index (χ3v) is 4.20. The number of para-hydroxylation sites is 1. The van der Waals surface area contributed by atoms with Crippen molar-refractivity contribution in [1.82, 2.24) is 0 Å². The molecule has 0 aliphatic heterocycles. The monoisotopic (exact) mass is 414 g/mol. The predicted molar refractivity (Wildman–Crippen MR) is 107 cm³/mol. The third-order valence-electron chi connectivity index (χ3n) is 4.20. The Balaban J connectivity index is 1.68. The molecule has 0 aromatic heterocycles. The second-order valence-corrected chi connectivity index (χ2v) is 6.26. The lowest BCUT2D eigenvalue weighted by Gasteiger charge is -2.11. The number of ether oxygens (including phenoxy) is 1. The average Bonchev–Trinajstić information content (AvgIpc) is 2.73. The Morgan fingerprint density at radius 1 is 0.800 bits per heavy atom. The van der Waals surface area contributed by atoms with Crippen molar-refractivity contribution in [2.45, 2.75) is 6.18 Å². The summed E-state index contributed by atoms with van der Waals surface area (Å²) in [5, 5.41) is 5.13. The lowest BCUT2D eigenvalue weighted by molar-refractivity contribution is -0.137. The van der Waals surface area contributed by atoms with Gasteiger partial charge in [-0.1, -0.05) is 18.2 Å². The largest absolute Gasteiger partial charge is 0.496 e. The van der Waals surface area contributed by atoms with Crippen LogP contribution in [0, 0.1) is 0 Å². The minimum absolute atomic E-state index is 0.0309. The predicted octanol–water partition coefficient (Wildman–Crippen LogP) is 5.22. The molecular weight excluding hydrogens is 397 g/mol. The fraction of sp³-hybridized carbons (Fsp3) is 0.0909. The molecule has 154 valence electrons. The molecule has 0 spiro atoms. The van der Waals surface area contributed by atoms with E-state index in [1.165, 1.54) is 43.5 Å². The molecule has 0 unspecified atom stereocenters. The van der Waals surface area contributed by atoms with Gasteiger partial charge >= 0.3 is 6.18 Å². The normalized spacial score (nSPS) is 10.9. The van der Waals surface area contributed by atoms with Crippen molar-refractivity contribution >= 4 is 23.2 Å². The molecule has 0 atom stereocenters. The van der Waals surface area contributed by atoms with Crippen LogP contribution in [0.5, 0.6) is 5.75 Å². The molecule has 5 nitrogen and oxygen atoms in total. The highest BCUT2D eigenvalue weighted by Crippen LogP contribution is 2.30. The molecule has 3 aromatic rings. The molecule has 0 heterocycles. The van der Waals surface area contributed by atoms with Gasteiger partial charge in [0, 0.05) is 16.9 Å². The number of amides is 2. The Morgan fingerprint density at radius 3 is 2.13 bits per heavy atom. The summed E-state index contributed by atoms with van der Waals surface area (Å²) >= 11 is 0. The van der Waals surface area contributed by atoms with Gasteiger partial charge in [-0.2, -0.15) is 13.2 Å². The highest BCUT2D eigenvalue weighted by Gasteiger charge is 2.30. The van der Waals surface area contributed by atoms with Crippen molar-refractivity contribution in [3.63, 3.8) is 0 Å². The van der Waals surface area contributed by atoms with Crippen LogP contribution >= 0.6 is 0 Å². The summed E-state index contributed by atoms with van der Waals surface area (Å²) in [6, 6.07) is 17.1. The van der Waals surface area contributed by atoms with Crippen molar-refractivity contribution in [3.05, 3.63) is 89.5 Å². The number of hydrogen-bond donors (Lipinski definition) is 2. The van der Waals surface area contributed by atoms with E-state index in [1.807, 2.05) is 0 Å². The molecule has 0 aliphatic rings. The summed E-state index contributed by atoms with van der Waals surface area (Å²) in [7, 11) is 1.46. The zero-order chi connectivity index (χ0) is 21.7. The molecular formula is C22H17F3N2O3. The van der Waals surface area contributed by atoms with Crippen LogP contribution in [0.4, 0.5) is 24.5 Å². The number of rotatable bonds is 5. The molecule has 30 heavy (non-hydrogen) atoms. The minimum Gasteiger partial charge on any atom is -0.496 e. The number of carbonyl (C=O) groups excluding carboxylic acids is 2. The van der Waals surface area contributed by atoms with Crippen LogP contribution in [-0.2, 0) is 6.18 Å².